The Morgan fingerprint density at radius 3 is 2.92 bits per heavy atom. The van der Waals surface area contributed by atoms with E-state index < -0.39 is 5.09 Å². The summed E-state index contributed by atoms with van der Waals surface area (Å²) in [6.45, 7) is 0. The van der Waals surface area contributed by atoms with Gasteiger partial charge in [-0.15, -0.1) is 15.2 Å². The van der Waals surface area contributed by atoms with Crippen molar-refractivity contribution in [1.82, 2.24) is 14.8 Å². The van der Waals surface area contributed by atoms with Gasteiger partial charge >= 0.3 is 5.09 Å². The second-order valence-electron chi connectivity index (χ2n) is 1.83. The van der Waals surface area contributed by atoms with Crippen molar-refractivity contribution in [1.29, 1.82) is 0 Å². The van der Waals surface area contributed by atoms with E-state index in [4.69, 9.17) is 5.73 Å². The van der Waals surface area contributed by atoms with Crippen LogP contribution < -0.4 is 11.2 Å². The lowest BCUT2D eigenvalue weighted by molar-refractivity contribution is -0.749. The molecule has 3 N–H and O–H groups in total. The minimum Gasteiger partial charge on any atom is -0.368 e. The van der Waals surface area contributed by atoms with Crippen molar-refractivity contribution in [3.8, 4) is 0 Å². The molecule has 9 nitrogen and oxygen atoms in total. The lowest BCUT2D eigenvalue weighted by atomic mass is 11.0. The quantitative estimate of drug-likeness (QED) is 0.442. The summed E-state index contributed by atoms with van der Waals surface area (Å²) in [6, 6.07) is 0. The number of aryl methyl sites for hydroxylation is 1. The Bertz CT molecular complexity index is 275. The summed E-state index contributed by atoms with van der Waals surface area (Å²) >= 11 is 0. The second-order valence-corrected chi connectivity index (χ2v) is 1.83. The summed E-state index contributed by atoms with van der Waals surface area (Å²) in [5.41, 5.74) is 7.15. The number of aromatic nitrogens is 3. The van der Waals surface area contributed by atoms with E-state index in [0.29, 0.717) is 0 Å². The molecule has 66 valence electrons. The van der Waals surface area contributed by atoms with Crippen molar-refractivity contribution < 1.29 is 10.0 Å². The van der Waals surface area contributed by atoms with Crippen molar-refractivity contribution in [2.75, 3.05) is 11.2 Å². The summed E-state index contributed by atoms with van der Waals surface area (Å²) in [5.74, 6) is 0.0659. The van der Waals surface area contributed by atoms with E-state index in [1.165, 1.54) is 4.68 Å². The largest absolute Gasteiger partial charge is 0.368 e. The monoisotopic (exact) mass is 174 g/mol. The maximum absolute atomic E-state index is 9.69. The molecule has 0 aromatic carbocycles. The smallest absolute Gasteiger partial charge is 0.316 e. The van der Waals surface area contributed by atoms with E-state index in [2.05, 4.69) is 15.0 Å². The molecule has 1 heterocycles. The van der Waals surface area contributed by atoms with Crippen molar-refractivity contribution in [3.63, 3.8) is 0 Å². The Morgan fingerprint density at radius 1 is 1.83 bits per heavy atom. The molecule has 0 fully saturated rings. The SMILES string of the molecule is Cn1nc(NO[N+](=O)[O-])nc1N. The van der Waals surface area contributed by atoms with Crippen LogP contribution in [0.1, 0.15) is 0 Å². The molecule has 0 saturated carbocycles. The third-order valence-corrected chi connectivity index (χ3v) is 1.01. The molecule has 0 bridgehead atoms. The maximum atomic E-state index is 9.69. The van der Waals surface area contributed by atoms with Gasteiger partial charge in [-0.2, -0.15) is 15.4 Å². The average molecular weight is 174 g/mol. The van der Waals surface area contributed by atoms with E-state index in [9.17, 15) is 10.1 Å². The average Bonchev–Trinajstić information content (AvgIpc) is 2.28. The molecular weight excluding hydrogens is 168 g/mol. The Balaban J connectivity index is 2.58. The van der Waals surface area contributed by atoms with Gasteiger partial charge in [-0.05, 0) is 0 Å². The first-order valence-electron chi connectivity index (χ1n) is 2.83. The molecule has 0 amide bonds. The number of nitrogens with two attached hydrogens (primary N) is 1. The molecule has 1 aromatic heterocycles. The van der Waals surface area contributed by atoms with Gasteiger partial charge in [0.1, 0.15) is 0 Å². The third kappa shape index (κ3) is 1.71. The van der Waals surface area contributed by atoms with Crippen LogP contribution in [0.15, 0.2) is 0 Å². The highest BCUT2D eigenvalue weighted by molar-refractivity contribution is 5.28. The zero-order chi connectivity index (χ0) is 9.14. The fourth-order valence-corrected chi connectivity index (χ4v) is 0.518. The van der Waals surface area contributed by atoms with Crippen LogP contribution >= 0.6 is 0 Å². The summed E-state index contributed by atoms with van der Waals surface area (Å²) in [6.07, 6.45) is 0. The number of hydrogen-bond donors (Lipinski definition) is 2. The summed E-state index contributed by atoms with van der Waals surface area (Å²) in [7, 11) is 1.54. The molecule has 0 aliphatic heterocycles. The van der Waals surface area contributed by atoms with E-state index in [-0.39, 0.29) is 11.9 Å². The zero-order valence-electron chi connectivity index (χ0n) is 6.09. The highest BCUT2D eigenvalue weighted by Gasteiger charge is 2.03. The predicted octanol–water partition coefficient (Wildman–Crippen LogP) is -1.07. The van der Waals surface area contributed by atoms with E-state index in [1.54, 1.807) is 7.05 Å². The van der Waals surface area contributed by atoms with E-state index >= 15 is 0 Å². The lowest BCUT2D eigenvalue weighted by Gasteiger charge is -1.93. The number of rotatable bonds is 3. The van der Waals surface area contributed by atoms with Crippen LogP contribution in [0.3, 0.4) is 0 Å². The van der Waals surface area contributed by atoms with Crippen molar-refractivity contribution >= 4 is 11.9 Å². The van der Waals surface area contributed by atoms with Gasteiger partial charge in [0.25, 0.3) is 5.95 Å². The second kappa shape index (κ2) is 2.90. The molecular formula is C3H6N6O3. The highest BCUT2D eigenvalue weighted by atomic mass is 17.0. The van der Waals surface area contributed by atoms with Gasteiger partial charge in [0, 0.05) is 7.05 Å². The van der Waals surface area contributed by atoms with Gasteiger partial charge in [0.05, 0.1) is 0 Å². The first kappa shape index (κ1) is 8.04. The van der Waals surface area contributed by atoms with Gasteiger partial charge < -0.3 is 5.73 Å². The van der Waals surface area contributed by atoms with E-state index in [1.807, 2.05) is 5.48 Å². The van der Waals surface area contributed by atoms with Crippen LogP contribution in [-0.2, 0) is 12.0 Å². The zero-order valence-corrected chi connectivity index (χ0v) is 6.09. The topological polar surface area (TPSA) is 121 Å². The highest BCUT2D eigenvalue weighted by Crippen LogP contribution is 2.01. The van der Waals surface area contributed by atoms with Gasteiger partial charge in [0.2, 0.25) is 5.95 Å². The van der Waals surface area contributed by atoms with E-state index in [0.717, 1.165) is 0 Å². The Hall–Kier alpha value is -2.06. The molecule has 0 atom stereocenters. The van der Waals surface area contributed by atoms with Crippen LogP contribution in [-0.4, -0.2) is 19.9 Å². The molecule has 12 heavy (non-hydrogen) atoms. The first-order valence-corrected chi connectivity index (χ1v) is 2.83. The molecule has 0 saturated heterocycles. The first-order chi connectivity index (χ1) is 5.59. The molecule has 0 unspecified atom stereocenters. The summed E-state index contributed by atoms with van der Waals surface area (Å²) in [5, 5.41) is 12.3. The van der Waals surface area contributed by atoms with Gasteiger partial charge in [-0.3, -0.25) is 0 Å². The third-order valence-electron chi connectivity index (χ3n) is 1.01. The maximum Gasteiger partial charge on any atom is 0.316 e. The molecule has 1 aromatic rings. The normalized spacial score (nSPS) is 9.42. The molecule has 9 heteroatoms. The number of nitrogens with zero attached hydrogens (tertiary/aromatic N) is 4. The van der Waals surface area contributed by atoms with Crippen molar-refractivity contribution in [2.24, 2.45) is 7.05 Å². The Labute approximate surface area is 66.2 Å². The van der Waals surface area contributed by atoms with Crippen LogP contribution in [0, 0.1) is 10.1 Å². The minimum absolute atomic E-state index is 0.0632. The molecule has 0 radical (unpaired) electrons. The molecule has 1 rings (SSSR count). The van der Waals surface area contributed by atoms with Gasteiger partial charge in [-0.25, -0.2) is 4.68 Å². The van der Waals surface area contributed by atoms with Crippen molar-refractivity contribution in [2.45, 2.75) is 0 Å². The van der Waals surface area contributed by atoms with Gasteiger partial charge in [0.15, 0.2) is 0 Å². The van der Waals surface area contributed by atoms with Crippen LogP contribution in [0.5, 0.6) is 0 Å². The number of nitrogen functional groups attached to an aromatic ring is 1. The number of anilines is 2. The molecule has 0 aliphatic carbocycles. The standard InChI is InChI=1S/C3H6N6O3/c1-8-2(4)5-3(6-8)7-12-9(10)11/h1H3,(H3,4,5,6,7). The fourth-order valence-electron chi connectivity index (χ4n) is 0.518. The van der Waals surface area contributed by atoms with Gasteiger partial charge in [-0.1, -0.05) is 0 Å². The van der Waals surface area contributed by atoms with Crippen LogP contribution in [0.25, 0.3) is 0 Å². The fraction of sp³-hybridized carbons (Fsp3) is 0.333. The minimum atomic E-state index is -1.02. The number of hydrogen-bond acceptors (Lipinski definition) is 7. The molecule has 0 aliphatic rings. The molecule has 0 spiro atoms. The van der Waals surface area contributed by atoms with Crippen LogP contribution in [0.2, 0.25) is 0 Å². The Morgan fingerprint density at radius 2 is 2.50 bits per heavy atom. The summed E-state index contributed by atoms with van der Waals surface area (Å²) < 4.78 is 1.24. The predicted molar refractivity (Wildman–Crippen MR) is 37.1 cm³/mol. The number of nitrogens with one attached hydrogen (secondary N) is 1. The van der Waals surface area contributed by atoms with Crippen molar-refractivity contribution in [3.05, 3.63) is 10.1 Å². The lowest BCUT2D eigenvalue weighted by Crippen LogP contribution is -2.08. The Kier molecular flexibility index (Phi) is 1.94. The van der Waals surface area contributed by atoms with Crippen LogP contribution in [0.4, 0.5) is 11.9 Å². The summed E-state index contributed by atoms with van der Waals surface area (Å²) in [4.78, 5) is 17.0.